The van der Waals surface area contributed by atoms with Gasteiger partial charge in [0.05, 0.1) is 23.1 Å². The second-order valence-electron chi connectivity index (χ2n) is 10.6. The first-order valence-corrected chi connectivity index (χ1v) is 13.5. The van der Waals surface area contributed by atoms with Gasteiger partial charge in [-0.15, -0.1) is 0 Å². The third kappa shape index (κ3) is 4.14. The quantitative estimate of drug-likeness (QED) is 0.311. The molecule has 3 atom stereocenters. The maximum atomic E-state index is 13.3. The number of Topliss-reactive ketones (excluding diaryl/α,β-unsaturated/α-hetero) is 1. The van der Waals surface area contributed by atoms with Crippen LogP contribution in [-0.2, 0) is 0 Å². The van der Waals surface area contributed by atoms with Gasteiger partial charge in [-0.3, -0.25) is 19.7 Å². The first kappa shape index (κ1) is 25.0. The van der Waals surface area contributed by atoms with Crippen molar-refractivity contribution >= 4 is 23.2 Å². The number of anilines is 1. The summed E-state index contributed by atoms with van der Waals surface area (Å²) in [6, 6.07) is 9.94. The molecule has 2 fully saturated rings. The molecule has 12 heteroatoms. The Hall–Kier alpha value is -5.00. The number of pyridine rings is 1. The van der Waals surface area contributed by atoms with Crippen molar-refractivity contribution in [2.24, 2.45) is 0 Å². The monoisotopic (exact) mass is 551 g/mol. The van der Waals surface area contributed by atoms with Crippen LogP contribution in [0.4, 0.5) is 10.2 Å². The lowest BCUT2D eigenvalue weighted by atomic mass is 9.85. The zero-order valence-corrected chi connectivity index (χ0v) is 22.2. The van der Waals surface area contributed by atoms with Gasteiger partial charge in [-0.1, -0.05) is 6.07 Å². The molecular formula is C29H26FN9O2. The molecule has 2 bridgehead atoms. The number of fused-ring (bicyclic) bond motifs is 3. The van der Waals surface area contributed by atoms with Gasteiger partial charge in [0, 0.05) is 40.9 Å². The van der Waals surface area contributed by atoms with E-state index in [0.29, 0.717) is 35.4 Å². The van der Waals surface area contributed by atoms with E-state index in [4.69, 9.17) is 10.7 Å². The highest BCUT2D eigenvalue weighted by Crippen LogP contribution is 2.45. The van der Waals surface area contributed by atoms with Crippen molar-refractivity contribution in [3.8, 4) is 22.4 Å². The Morgan fingerprint density at radius 1 is 1.00 bits per heavy atom. The van der Waals surface area contributed by atoms with E-state index in [-0.39, 0.29) is 47.2 Å². The summed E-state index contributed by atoms with van der Waals surface area (Å²) in [6.07, 6.45) is 7.80. The number of amides is 1. The minimum Gasteiger partial charge on any atom is -0.383 e. The minimum atomic E-state index is -0.304. The van der Waals surface area contributed by atoms with Crippen LogP contribution in [0.1, 0.15) is 65.2 Å². The smallest absolute Gasteiger partial charge is 0.291 e. The fourth-order valence-corrected chi connectivity index (χ4v) is 6.40. The number of nitrogen functional groups attached to an aromatic ring is 1. The highest BCUT2D eigenvalue weighted by molar-refractivity contribution is 6.00. The van der Waals surface area contributed by atoms with E-state index in [1.807, 2.05) is 17.0 Å². The number of nitrogens with two attached hydrogens (primary N) is 1. The van der Waals surface area contributed by atoms with Gasteiger partial charge < -0.3 is 10.6 Å². The predicted molar refractivity (Wildman–Crippen MR) is 147 cm³/mol. The van der Waals surface area contributed by atoms with Crippen LogP contribution in [0.5, 0.6) is 0 Å². The maximum absolute atomic E-state index is 13.3. The molecule has 2 saturated heterocycles. The third-order valence-corrected chi connectivity index (χ3v) is 8.25. The largest absolute Gasteiger partial charge is 0.383 e. The van der Waals surface area contributed by atoms with Gasteiger partial charge in [0.15, 0.2) is 11.4 Å². The Labute approximate surface area is 233 Å². The molecule has 7 rings (SSSR count). The van der Waals surface area contributed by atoms with Crippen molar-refractivity contribution in [2.75, 3.05) is 5.73 Å². The minimum absolute atomic E-state index is 0.00277. The van der Waals surface area contributed by atoms with Crippen molar-refractivity contribution in [3.63, 3.8) is 0 Å². The van der Waals surface area contributed by atoms with Crippen LogP contribution in [0, 0.1) is 5.82 Å². The average Bonchev–Trinajstić information content (AvgIpc) is 3.71. The van der Waals surface area contributed by atoms with E-state index in [9.17, 15) is 14.0 Å². The van der Waals surface area contributed by atoms with Crippen molar-refractivity contribution in [2.45, 2.75) is 50.6 Å². The van der Waals surface area contributed by atoms with Gasteiger partial charge in [0.1, 0.15) is 18.0 Å². The number of benzene rings is 1. The van der Waals surface area contributed by atoms with Crippen molar-refractivity contribution in [1.29, 1.82) is 0 Å². The molecule has 0 saturated carbocycles. The summed E-state index contributed by atoms with van der Waals surface area (Å²) in [5.41, 5.74) is 11.1. The van der Waals surface area contributed by atoms with Crippen LogP contribution >= 0.6 is 0 Å². The second kappa shape index (κ2) is 9.58. The van der Waals surface area contributed by atoms with Gasteiger partial charge in [0.25, 0.3) is 5.91 Å². The van der Waals surface area contributed by atoms with Crippen LogP contribution in [0.3, 0.4) is 0 Å². The summed E-state index contributed by atoms with van der Waals surface area (Å²) in [5, 5.41) is 11.0. The Morgan fingerprint density at radius 2 is 1.73 bits per heavy atom. The first-order valence-electron chi connectivity index (χ1n) is 13.5. The van der Waals surface area contributed by atoms with E-state index in [1.165, 1.54) is 29.9 Å². The van der Waals surface area contributed by atoms with Gasteiger partial charge in [-0.05, 0) is 62.9 Å². The van der Waals surface area contributed by atoms with E-state index in [1.54, 1.807) is 24.5 Å². The Balaban J connectivity index is 1.25. The number of rotatable bonds is 5. The number of carbonyl (C=O) groups is 2. The topological polar surface area (TPSA) is 148 Å². The molecular weight excluding hydrogens is 525 g/mol. The molecule has 11 nitrogen and oxygen atoms in total. The number of carbonyl (C=O) groups excluding carboxylic acids is 2. The lowest BCUT2D eigenvalue weighted by Gasteiger charge is -2.38. The van der Waals surface area contributed by atoms with E-state index >= 15 is 0 Å². The molecule has 2 aliphatic heterocycles. The number of ketones is 1. The summed E-state index contributed by atoms with van der Waals surface area (Å²) >= 11 is 0. The molecule has 6 heterocycles. The number of aromatic amines is 1. The normalized spacial score (nSPS) is 20.0. The number of aromatic nitrogens is 7. The second-order valence-corrected chi connectivity index (χ2v) is 10.6. The number of piperidine rings is 1. The molecule has 3 N–H and O–H groups in total. The standard InChI is InChI=1S/C29H26FN9O2/c1-15(40)24-25(18-10-20-7-8-21(11-18)38(20)29(41)27-33-14-34-37-27)36-28-22(13-35-39(28)26(24)31)17-4-9-23(32-12-17)16-2-5-19(30)6-3-16/h2-6,9,12-14,18,20-21H,7-8,10-11,31H2,1H3,(H,33,34,37)/t18?,20-,21+. The van der Waals surface area contributed by atoms with Crippen LogP contribution in [-0.4, -0.2) is 63.4 Å². The van der Waals surface area contributed by atoms with Crippen molar-refractivity contribution in [1.82, 2.24) is 39.7 Å². The number of nitrogens with one attached hydrogen (secondary N) is 1. The van der Waals surface area contributed by atoms with Gasteiger partial charge >= 0.3 is 0 Å². The van der Waals surface area contributed by atoms with Gasteiger partial charge in [-0.2, -0.15) is 14.7 Å². The molecule has 0 radical (unpaired) electrons. The summed E-state index contributed by atoms with van der Waals surface area (Å²) < 4.78 is 14.8. The lowest BCUT2D eigenvalue weighted by Crippen LogP contribution is -2.46. The Bertz CT molecular complexity index is 1770. The SMILES string of the molecule is CC(=O)c1c(C2C[C@H]3CC[C@@H](C2)N3C(=O)c2ncn[nH]2)nc2c(-c3ccc(-c4ccc(F)cc4)nc3)cnn2c1N. The highest BCUT2D eigenvalue weighted by atomic mass is 19.1. The van der Waals surface area contributed by atoms with Crippen LogP contribution in [0.2, 0.25) is 0 Å². The molecule has 1 unspecified atom stereocenters. The third-order valence-electron chi connectivity index (χ3n) is 8.25. The van der Waals surface area contributed by atoms with E-state index in [0.717, 1.165) is 29.5 Å². The molecule has 4 aromatic heterocycles. The zero-order chi connectivity index (χ0) is 28.2. The number of halogens is 1. The predicted octanol–water partition coefficient (Wildman–Crippen LogP) is 4.05. The molecule has 206 valence electrons. The highest BCUT2D eigenvalue weighted by Gasteiger charge is 2.45. The van der Waals surface area contributed by atoms with Crippen molar-refractivity contribution < 1.29 is 14.0 Å². The number of nitrogens with zero attached hydrogens (tertiary/aromatic N) is 7. The summed E-state index contributed by atoms with van der Waals surface area (Å²) in [7, 11) is 0. The molecule has 41 heavy (non-hydrogen) atoms. The molecule has 2 aliphatic rings. The van der Waals surface area contributed by atoms with Crippen LogP contribution in [0.15, 0.2) is 55.1 Å². The molecule has 5 aromatic rings. The van der Waals surface area contributed by atoms with Gasteiger partial charge in [-0.25, -0.2) is 14.4 Å². The summed E-state index contributed by atoms with van der Waals surface area (Å²) in [5.74, 6) is -0.219. The molecule has 0 spiro atoms. The fourth-order valence-electron chi connectivity index (χ4n) is 6.40. The first-order chi connectivity index (χ1) is 19.9. The maximum Gasteiger partial charge on any atom is 0.291 e. The summed E-state index contributed by atoms with van der Waals surface area (Å²) in [6.45, 7) is 1.49. The van der Waals surface area contributed by atoms with E-state index < -0.39 is 0 Å². The van der Waals surface area contributed by atoms with Crippen LogP contribution in [0.25, 0.3) is 28.0 Å². The van der Waals surface area contributed by atoms with Gasteiger partial charge in [0.2, 0.25) is 5.82 Å². The number of H-pyrrole nitrogens is 1. The Morgan fingerprint density at radius 3 is 2.37 bits per heavy atom. The van der Waals surface area contributed by atoms with Crippen molar-refractivity contribution in [3.05, 3.63) is 78.0 Å². The summed E-state index contributed by atoms with van der Waals surface area (Å²) in [4.78, 5) is 41.6. The molecule has 1 amide bonds. The van der Waals surface area contributed by atoms with Crippen LogP contribution < -0.4 is 5.73 Å². The molecule has 1 aromatic carbocycles. The molecule has 0 aliphatic carbocycles. The number of hydrogen-bond acceptors (Lipinski definition) is 8. The average molecular weight is 552 g/mol. The zero-order valence-electron chi connectivity index (χ0n) is 22.2. The lowest BCUT2D eigenvalue weighted by molar-refractivity contribution is 0.0556. The van der Waals surface area contributed by atoms with E-state index in [2.05, 4.69) is 25.3 Å². The Kier molecular flexibility index (Phi) is 5.84. The fraction of sp³-hybridized carbons (Fsp3) is 0.276. The number of hydrogen-bond donors (Lipinski definition) is 2.